The minimum atomic E-state index is -4.48. The van der Waals surface area contributed by atoms with E-state index in [4.69, 9.17) is 9.26 Å². The van der Waals surface area contributed by atoms with Crippen molar-refractivity contribution in [3.63, 3.8) is 0 Å². The number of halogens is 2. The smallest absolute Gasteiger partial charge is 0.355 e. The molecule has 5 fully saturated rings. The molecule has 2 N–H and O–H groups in total. The van der Waals surface area contributed by atoms with Crippen LogP contribution in [0.4, 0.5) is 8.78 Å². The number of benzene rings is 3. The SMILES string of the molecule is CCCOC(=O)[C@@H](C)NP(=O)(Oc1ccccc1)[C@H](F)c1ccc2sc(C(=O)N[C@H]3CC[C@H](N(C)C4CC(F)C4)C[C@H]4CC[C@@H](C(=O)N5C[C@H](c6ccccc6)CC56CC6)N4C3=O)cc2c1. The van der Waals surface area contributed by atoms with Crippen LogP contribution in [0.15, 0.2) is 84.9 Å². The summed E-state index contributed by atoms with van der Waals surface area (Å²) in [6.07, 6.45) is 6.34. The van der Waals surface area contributed by atoms with Gasteiger partial charge in [0.25, 0.3) is 5.91 Å². The second-order valence-electron chi connectivity index (χ2n) is 19.1. The number of carbonyl (C=O) groups is 4. The number of esters is 1. The summed E-state index contributed by atoms with van der Waals surface area (Å²) in [5.74, 6) is -3.28. The first kappa shape index (κ1) is 46.4. The molecule has 1 spiro atoms. The van der Waals surface area contributed by atoms with Crippen LogP contribution in [0.3, 0.4) is 0 Å². The topological polar surface area (TPSA) is 138 Å². The second kappa shape index (κ2) is 19.1. The normalized spacial score (nSPS) is 27.6. The number of amides is 3. The van der Waals surface area contributed by atoms with Crippen molar-refractivity contribution in [2.45, 2.75) is 144 Å². The Kier molecular flexibility index (Phi) is 13.5. The lowest BCUT2D eigenvalue weighted by molar-refractivity contribution is -0.148. The Morgan fingerprint density at radius 3 is 2.38 bits per heavy atom. The van der Waals surface area contributed by atoms with E-state index in [1.54, 1.807) is 47.4 Å². The first-order chi connectivity index (χ1) is 31.8. The maximum absolute atomic E-state index is 16.7. The molecule has 4 aromatic rings. The highest BCUT2D eigenvalue weighted by Crippen LogP contribution is 2.58. The Hall–Kier alpha value is -4.69. The highest BCUT2D eigenvalue weighted by Gasteiger charge is 2.59. The van der Waals surface area contributed by atoms with Crippen LogP contribution < -0.4 is 14.9 Å². The molecular formula is C50H60F2N5O7PS. The molecule has 352 valence electrons. The van der Waals surface area contributed by atoms with Crippen molar-refractivity contribution in [3.05, 3.63) is 101 Å². The molecule has 3 saturated heterocycles. The lowest BCUT2D eigenvalue weighted by Gasteiger charge is -2.45. The number of rotatable bonds is 15. The van der Waals surface area contributed by atoms with E-state index in [2.05, 4.69) is 32.3 Å². The van der Waals surface area contributed by atoms with Crippen molar-refractivity contribution in [1.82, 2.24) is 25.1 Å². The number of thiophene rings is 1. The van der Waals surface area contributed by atoms with Gasteiger partial charge < -0.3 is 29.3 Å². The van der Waals surface area contributed by atoms with E-state index in [0.29, 0.717) is 72.9 Å². The highest BCUT2D eigenvalue weighted by molar-refractivity contribution is 7.57. The van der Waals surface area contributed by atoms with Crippen molar-refractivity contribution in [2.24, 2.45) is 0 Å². The Balaban J connectivity index is 0.952. The number of hydrogen-bond acceptors (Lipinski definition) is 9. The van der Waals surface area contributed by atoms with Crippen LogP contribution >= 0.6 is 18.9 Å². The molecule has 8 atom stereocenters. The minimum Gasteiger partial charge on any atom is -0.465 e. The molecule has 3 amide bonds. The third-order valence-electron chi connectivity index (χ3n) is 14.6. The average Bonchev–Trinajstić information content (AvgIpc) is 3.58. The number of nitrogens with one attached hydrogen (secondary N) is 2. The van der Waals surface area contributed by atoms with Gasteiger partial charge in [0, 0.05) is 40.8 Å². The summed E-state index contributed by atoms with van der Waals surface area (Å²) >= 11 is 1.18. The van der Waals surface area contributed by atoms with Crippen molar-refractivity contribution in [1.29, 1.82) is 0 Å². The molecule has 5 aliphatic rings. The number of hydrogen-bond donors (Lipinski definition) is 2. The van der Waals surface area contributed by atoms with Gasteiger partial charge in [0.1, 0.15) is 30.0 Å². The van der Waals surface area contributed by atoms with Crippen LogP contribution in [0.25, 0.3) is 10.1 Å². The Labute approximate surface area is 389 Å². The number of nitrogens with zero attached hydrogens (tertiary/aromatic N) is 3. The maximum atomic E-state index is 16.7. The molecule has 0 radical (unpaired) electrons. The largest absolute Gasteiger partial charge is 0.465 e. The minimum absolute atomic E-state index is 0.0112. The van der Waals surface area contributed by atoms with E-state index in [1.807, 2.05) is 32.2 Å². The molecule has 66 heavy (non-hydrogen) atoms. The van der Waals surface area contributed by atoms with Crippen LogP contribution in [0.1, 0.15) is 117 Å². The van der Waals surface area contributed by atoms with Gasteiger partial charge in [0.05, 0.1) is 11.5 Å². The van der Waals surface area contributed by atoms with Crippen molar-refractivity contribution in [2.75, 3.05) is 20.2 Å². The average molecular weight is 944 g/mol. The lowest BCUT2D eigenvalue weighted by Crippen LogP contribution is -2.59. The van der Waals surface area contributed by atoms with E-state index >= 15 is 4.39 Å². The summed E-state index contributed by atoms with van der Waals surface area (Å²) in [5, 5.41) is 6.18. The second-order valence-corrected chi connectivity index (χ2v) is 22.3. The number of ether oxygens (including phenoxy) is 1. The molecule has 12 nitrogen and oxygen atoms in total. The molecule has 3 aliphatic heterocycles. The number of alkyl halides is 2. The van der Waals surface area contributed by atoms with Gasteiger partial charge in [-0.25, -0.2) is 13.9 Å². The first-order valence-corrected chi connectivity index (χ1v) is 26.1. The Morgan fingerprint density at radius 2 is 1.68 bits per heavy atom. The summed E-state index contributed by atoms with van der Waals surface area (Å²) in [6, 6.07) is 21.9. The van der Waals surface area contributed by atoms with Gasteiger partial charge in [0.15, 0.2) is 0 Å². The molecule has 3 aromatic carbocycles. The van der Waals surface area contributed by atoms with Crippen LogP contribution in [-0.4, -0.2) is 107 Å². The van der Waals surface area contributed by atoms with Crippen LogP contribution in [-0.2, 0) is 23.7 Å². The molecular weight excluding hydrogens is 884 g/mol. The molecule has 0 bridgehead atoms. The third kappa shape index (κ3) is 9.42. The fourth-order valence-electron chi connectivity index (χ4n) is 10.7. The highest BCUT2D eigenvalue weighted by atomic mass is 32.1. The predicted molar refractivity (Wildman–Crippen MR) is 250 cm³/mol. The van der Waals surface area contributed by atoms with Crippen LogP contribution in [0.5, 0.6) is 5.75 Å². The lowest BCUT2D eigenvalue weighted by atomic mass is 9.86. The monoisotopic (exact) mass is 943 g/mol. The number of likely N-dealkylation sites (tertiary alicyclic amines) is 1. The zero-order chi connectivity index (χ0) is 46.3. The Bertz CT molecular complexity index is 2470. The van der Waals surface area contributed by atoms with E-state index in [9.17, 15) is 28.1 Å². The fraction of sp³-hybridized carbons (Fsp3) is 0.520. The zero-order valence-corrected chi connectivity index (χ0v) is 39.5. The molecule has 1 aromatic heterocycles. The summed E-state index contributed by atoms with van der Waals surface area (Å²) in [7, 11) is -2.45. The van der Waals surface area contributed by atoms with E-state index < -0.39 is 49.6 Å². The number of fused-ring (bicyclic) bond motifs is 2. The standard InChI is InChI=1S/C50H60F2N5O7PS/c1-4-23-63-49(61)31(2)54-65(62,64-40-13-9-6-10-14-40)45(52)33-15-20-43-34(24-33)25-44(66-43)46(58)53-41-18-16-37(55(3)39-26-36(51)27-39)28-38-17-19-42(57(38)47(41)59)48(60)56-30-35(29-50(56)21-22-50)32-11-7-5-8-12-32/h5-15,20,24-25,31,35-39,41-42,45H,4,16-19,21-23,26-30H2,1-3H3,(H,53,58)(H,54,62)/t31-,35-,36?,37+,38-,39?,41+,42+,45+,65?/m1/s1. The zero-order valence-electron chi connectivity index (χ0n) is 37.8. The van der Waals surface area contributed by atoms with Crippen molar-refractivity contribution < 1.29 is 41.8 Å². The van der Waals surface area contributed by atoms with Gasteiger partial charge in [-0.05, 0) is 131 Å². The number of para-hydroxylation sites is 1. The van der Waals surface area contributed by atoms with Gasteiger partial charge in [-0.15, -0.1) is 11.3 Å². The number of carbonyl (C=O) groups excluding carboxylic acids is 4. The maximum Gasteiger partial charge on any atom is 0.355 e. The summed E-state index contributed by atoms with van der Waals surface area (Å²) in [6.45, 7) is 4.05. The molecule has 4 heterocycles. The van der Waals surface area contributed by atoms with E-state index in [0.717, 1.165) is 19.3 Å². The first-order valence-electron chi connectivity index (χ1n) is 23.6. The van der Waals surface area contributed by atoms with Crippen molar-refractivity contribution in [3.8, 4) is 5.75 Å². The van der Waals surface area contributed by atoms with Gasteiger partial charge in [-0.3, -0.25) is 23.7 Å². The van der Waals surface area contributed by atoms with Crippen LogP contribution in [0, 0.1) is 0 Å². The molecule has 1 unspecified atom stereocenters. The van der Waals surface area contributed by atoms with Gasteiger partial charge in [-0.2, -0.15) is 0 Å². The summed E-state index contributed by atoms with van der Waals surface area (Å²) in [5.41, 5.74) is 1.05. The quantitative estimate of drug-likeness (QED) is 0.0884. The van der Waals surface area contributed by atoms with E-state index in [1.165, 1.54) is 36.0 Å². The van der Waals surface area contributed by atoms with Crippen LogP contribution in [0.2, 0.25) is 0 Å². The third-order valence-corrected chi connectivity index (χ3v) is 17.9. The van der Waals surface area contributed by atoms with Gasteiger partial charge in [0.2, 0.25) is 17.7 Å². The Morgan fingerprint density at radius 1 is 0.955 bits per heavy atom. The predicted octanol–water partition coefficient (Wildman–Crippen LogP) is 9.06. The van der Waals surface area contributed by atoms with Gasteiger partial charge >= 0.3 is 13.5 Å². The van der Waals surface area contributed by atoms with Gasteiger partial charge in [-0.1, -0.05) is 61.5 Å². The van der Waals surface area contributed by atoms with E-state index in [-0.39, 0.29) is 59.3 Å². The molecule has 9 rings (SSSR count). The summed E-state index contributed by atoms with van der Waals surface area (Å²) in [4.78, 5) is 63.1. The van der Waals surface area contributed by atoms with Crippen molar-refractivity contribution >= 4 is 52.6 Å². The molecule has 2 aliphatic carbocycles. The summed E-state index contributed by atoms with van der Waals surface area (Å²) < 4.78 is 56.9. The molecule has 2 saturated carbocycles. The molecule has 16 heteroatoms. The fourth-order valence-corrected chi connectivity index (χ4v) is 13.6.